The van der Waals surface area contributed by atoms with Gasteiger partial charge >= 0.3 is 0 Å². The van der Waals surface area contributed by atoms with Gasteiger partial charge in [-0.25, -0.2) is 0 Å². The van der Waals surface area contributed by atoms with Crippen molar-refractivity contribution in [2.45, 2.75) is 0 Å². The van der Waals surface area contributed by atoms with E-state index in [-0.39, 0.29) is 7.26 Å². The number of halogens is 1. The molecule has 0 aliphatic carbocycles. The molecule has 4 heteroatoms. The van der Waals surface area contributed by atoms with Crippen LogP contribution in [0, 0.1) is 0 Å². The van der Waals surface area contributed by atoms with Crippen LogP contribution in [0.2, 0.25) is 0 Å². The van der Waals surface area contributed by atoms with Gasteiger partial charge in [0.2, 0.25) is 7.26 Å². The zero-order valence-corrected chi connectivity index (χ0v) is 6.41. The van der Waals surface area contributed by atoms with E-state index in [9.17, 15) is 0 Å². The largest absolute Gasteiger partial charge is 0.355 e. The summed E-state index contributed by atoms with van der Waals surface area (Å²) in [5.74, 6) is 0. The standard InChI is InChI=1S/H3IOSSi/c1-4-2-3/h3H,4H2. The molecule has 0 atom stereocenters. The van der Waals surface area contributed by atoms with Crippen LogP contribution in [0.15, 0.2) is 0 Å². The summed E-state index contributed by atoms with van der Waals surface area (Å²) < 4.78 is 4.36. The van der Waals surface area contributed by atoms with Crippen molar-refractivity contribution in [2.75, 3.05) is 0 Å². The summed E-state index contributed by atoms with van der Waals surface area (Å²) in [6.07, 6.45) is 0. The van der Waals surface area contributed by atoms with Gasteiger partial charge in [-0.3, -0.25) is 0 Å². The zero-order valence-electron chi connectivity index (χ0n) is 1.94. The maximum Gasteiger partial charge on any atom is 0.245 e. The Hall–Kier alpha value is 1.26. The second-order valence-electron chi connectivity index (χ2n) is 0.238. The van der Waals surface area contributed by atoms with E-state index < -0.39 is 0 Å². The van der Waals surface area contributed by atoms with E-state index in [1.165, 1.54) is 0 Å². The monoisotopic (exact) mass is 206 g/mol. The number of hydrogen-bond acceptors (Lipinski definition) is 2. The Kier molecular flexibility index (Phi) is 5.59. The van der Waals surface area contributed by atoms with E-state index in [0.29, 0.717) is 0 Å². The van der Waals surface area contributed by atoms with Crippen molar-refractivity contribution in [3.8, 4) is 0 Å². The first-order valence-corrected chi connectivity index (χ1v) is 6.79. The molecule has 0 unspecified atom stereocenters. The Morgan fingerprint density at radius 3 is 2.25 bits per heavy atom. The Morgan fingerprint density at radius 1 is 2.00 bits per heavy atom. The SMILES string of the molecule is SO[SiH2]I. The molecule has 0 N–H and O–H groups in total. The summed E-state index contributed by atoms with van der Waals surface area (Å²) >= 11 is 5.67. The van der Waals surface area contributed by atoms with Gasteiger partial charge in [0.1, 0.15) is 0 Å². The Labute approximate surface area is 45.9 Å². The Bertz CT molecular complexity index is 10.0. The van der Waals surface area contributed by atoms with Crippen LogP contribution >= 0.6 is 34.7 Å². The van der Waals surface area contributed by atoms with Crippen molar-refractivity contribution in [1.29, 1.82) is 0 Å². The molecular formula is H3IOSSi. The topological polar surface area (TPSA) is 9.23 Å². The van der Waals surface area contributed by atoms with Crippen LogP contribution in [-0.2, 0) is 3.87 Å². The van der Waals surface area contributed by atoms with Crippen LogP contribution in [0.1, 0.15) is 0 Å². The van der Waals surface area contributed by atoms with Crippen LogP contribution < -0.4 is 0 Å². The number of rotatable bonds is 1. The highest BCUT2D eigenvalue weighted by Crippen LogP contribution is 1.78. The third-order valence-electron chi connectivity index (χ3n) is 0.0488. The summed E-state index contributed by atoms with van der Waals surface area (Å²) in [7, 11) is -0.241. The first-order valence-electron chi connectivity index (χ1n) is 0.739. The summed E-state index contributed by atoms with van der Waals surface area (Å²) in [5, 5.41) is 0. The minimum atomic E-state index is -0.241. The smallest absolute Gasteiger partial charge is 0.245 e. The average Bonchev–Trinajstić information content (AvgIpc) is 1.37. The van der Waals surface area contributed by atoms with Crippen LogP contribution in [0.5, 0.6) is 0 Å². The van der Waals surface area contributed by atoms with Gasteiger partial charge in [0.15, 0.2) is 0 Å². The van der Waals surface area contributed by atoms with Gasteiger partial charge in [-0.1, -0.05) is 21.8 Å². The molecule has 0 amide bonds. The van der Waals surface area contributed by atoms with Crippen LogP contribution in [0.3, 0.4) is 0 Å². The molecule has 26 valence electrons. The van der Waals surface area contributed by atoms with E-state index in [0.717, 1.165) is 0 Å². The summed E-state index contributed by atoms with van der Waals surface area (Å²) in [5.41, 5.74) is 0. The second-order valence-corrected chi connectivity index (χ2v) is 3.36. The maximum absolute atomic E-state index is 4.36. The third-order valence-corrected chi connectivity index (χ3v) is 2.95. The minimum Gasteiger partial charge on any atom is -0.355 e. The molecule has 0 rings (SSSR count). The fraction of sp³-hybridized carbons (Fsp3) is 0. The van der Waals surface area contributed by atoms with Gasteiger partial charge in [-0.05, 0) is 12.9 Å². The third kappa shape index (κ3) is 3.26. The van der Waals surface area contributed by atoms with Crippen LogP contribution in [-0.4, -0.2) is 7.26 Å². The van der Waals surface area contributed by atoms with E-state index in [4.69, 9.17) is 0 Å². The van der Waals surface area contributed by atoms with Gasteiger partial charge < -0.3 is 3.87 Å². The second kappa shape index (κ2) is 4.26. The van der Waals surface area contributed by atoms with E-state index in [1.807, 2.05) is 0 Å². The van der Waals surface area contributed by atoms with Crippen molar-refractivity contribution in [1.82, 2.24) is 0 Å². The normalized spacial score (nSPS) is 10.5. The van der Waals surface area contributed by atoms with Crippen molar-refractivity contribution in [3.63, 3.8) is 0 Å². The lowest BCUT2D eigenvalue weighted by Gasteiger charge is -1.71. The van der Waals surface area contributed by atoms with E-state index >= 15 is 0 Å². The summed E-state index contributed by atoms with van der Waals surface area (Å²) in [4.78, 5) is 0. The quantitative estimate of drug-likeness (QED) is 0.213. The van der Waals surface area contributed by atoms with Crippen LogP contribution in [0.25, 0.3) is 0 Å². The first kappa shape index (κ1) is 5.26. The Morgan fingerprint density at radius 2 is 2.25 bits per heavy atom. The predicted molar refractivity (Wildman–Crippen MR) is 32.6 cm³/mol. The highest BCUT2D eigenvalue weighted by Gasteiger charge is 1.59. The average molecular weight is 206 g/mol. The predicted octanol–water partition coefficient (Wildman–Crippen LogP) is 0.282. The maximum atomic E-state index is 4.36. The molecule has 0 saturated carbocycles. The molecule has 0 aromatic rings. The van der Waals surface area contributed by atoms with Crippen molar-refractivity contribution >= 4 is 42.0 Å². The molecular weight excluding hydrogens is 203 g/mol. The molecule has 0 bridgehead atoms. The lowest BCUT2D eigenvalue weighted by Crippen LogP contribution is -1.65. The van der Waals surface area contributed by atoms with Gasteiger partial charge in [0, 0.05) is 0 Å². The molecule has 0 spiro atoms. The molecule has 0 aliphatic heterocycles. The Balaban J connectivity index is 1.97. The summed E-state index contributed by atoms with van der Waals surface area (Å²) in [6, 6.07) is 0. The molecule has 0 saturated heterocycles. The molecule has 0 fully saturated rings. The molecule has 0 aliphatic rings. The number of thiol groups is 1. The lowest BCUT2D eigenvalue weighted by atomic mass is 15.9. The lowest BCUT2D eigenvalue weighted by molar-refractivity contribution is 0.737. The van der Waals surface area contributed by atoms with Gasteiger partial charge in [0.25, 0.3) is 0 Å². The van der Waals surface area contributed by atoms with Gasteiger partial charge in [-0.2, -0.15) is 0 Å². The van der Waals surface area contributed by atoms with E-state index in [2.05, 4.69) is 38.6 Å². The minimum absolute atomic E-state index is 0.241. The fourth-order valence-electron chi connectivity index (χ4n) is 0. The summed E-state index contributed by atoms with van der Waals surface area (Å²) in [6.45, 7) is 0. The number of hydrogen-bond donors (Lipinski definition) is 1. The molecule has 0 aromatic carbocycles. The molecule has 4 heavy (non-hydrogen) atoms. The van der Waals surface area contributed by atoms with E-state index in [1.54, 1.807) is 0 Å². The van der Waals surface area contributed by atoms with Crippen LogP contribution in [0.4, 0.5) is 0 Å². The van der Waals surface area contributed by atoms with Crippen molar-refractivity contribution < 1.29 is 3.87 Å². The van der Waals surface area contributed by atoms with Gasteiger partial charge in [-0.15, -0.1) is 0 Å². The molecule has 1 nitrogen and oxygen atoms in total. The molecule has 0 radical (unpaired) electrons. The molecule has 0 aromatic heterocycles. The van der Waals surface area contributed by atoms with Crippen molar-refractivity contribution in [3.05, 3.63) is 0 Å². The fourth-order valence-corrected chi connectivity index (χ4v) is 0. The first-order chi connectivity index (χ1) is 1.91. The molecule has 0 heterocycles. The highest BCUT2D eigenvalue weighted by molar-refractivity contribution is 14.1. The van der Waals surface area contributed by atoms with Crippen molar-refractivity contribution in [2.24, 2.45) is 0 Å². The van der Waals surface area contributed by atoms with Gasteiger partial charge in [0.05, 0.1) is 0 Å². The highest BCUT2D eigenvalue weighted by atomic mass is 127. The zero-order chi connectivity index (χ0) is 3.41.